The van der Waals surface area contributed by atoms with E-state index >= 15 is 0 Å². The number of carbonyl (C=O) groups is 2. The van der Waals surface area contributed by atoms with Gasteiger partial charge in [0.05, 0.1) is 10.4 Å². The SMILES string of the molecule is CCC1CC2(C(=O)Nc3ccc(F)cc3)CC(C2)N1C(=O)CC(C)c1c[nH]c2cccc(Cl)c12. The average Bonchev–Trinajstić information content (AvgIpc) is 3.25. The zero-order valence-corrected chi connectivity index (χ0v) is 20.2. The van der Waals surface area contributed by atoms with Crippen LogP contribution in [0.2, 0.25) is 5.02 Å². The minimum atomic E-state index is -0.452. The van der Waals surface area contributed by atoms with Crippen LogP contribution in [0.15, 0.2) is 48.7 Å². The molecule has 2 aliphatic heterocycles. The first-order chi connectivity index (χ1) is 16.3. The second kappa shape index (κ2) is 8.73. The third-order valence-electron chi connectivity index (χ3n) is 7.71. The first kappa shape index (κ1) is 22.9. The Morgan fingerprint density at radius 2 is 1.94 bits per heavy atom. The minimum Gasteiger partial charge on any atom is -0.361 e. The molecule has 2 N–H and O–H groups in total. The van der Waals surface area contributed by atoms with Gasteiger partial charge in [-0.1, -0.05) is 31.5 Å². The van der Waals surface area contributed by atoms with Crippen molar-refractivity contribution in [3.05, 3.63) is 65.1 Å². The van der Waals surface area contributed by atoms with Crippen molar-refractivity contribution in [2.24, 2.45) is 5.41 Å². The van der Waals surface area contributed by atoms with Crippen molar-refractivity contribution in [3.63, 3.8) is 0 Å². The van der Waals surface area contributed by atoms with Crippen molar-refractivity contribution in [1.82, 2.24) is 9.88 Å². The Bertz CT molecular complexity index is 1230. The average molecular weight is 482 g/mol. The number of benzene rings is 2. The first-order valence-corrected chi connectivity index (χ1v) is 12.3. The molecule has 1 saturated carbocycles. The summed E-state index contributed by atoms with van der Waals surface area (Å²) in [5.74, 6) is -0.199. The molecule has 1 aliphatic carbocycles. The zero-order chi connectivity index (χ0) is 24.0. The van der Waals surface area contributed by atoms with E-state index in [4.69, 9.17) is 11.6 Å². The molecule has 2 amide bonds. The van der Waals surface area contributed by atoms with Gasteiger partial charge < -0.3 is 15.2 Å². The van der Waals surface area contributed by atoms with E-state index in [2.05, 4.69) is 24.1 Å². The molecule has 2 bridgehead atoms. The molecular formula is C27H29ClFN3O2. The van der Waals surface area contributed by atoms with E-state index in [1.165, 1.54) is 12.1 Å². The van der Waals surface area contributed by atoms with Crippen LogP contribution in [-0.2, 0) is 9.59 Å². The smallest absolute Gasteiger partial charge is 0.230 e. The number of fused-ring (bicyclic) bond motifs is 3. The molecule has 2 aromatic carbocycles. The van der Waals surface area contributed by atoms with Crippen LogP contribution in [0.3, 0.4) is 0 Å². The molecule has 0 spiro atoms. The maximum atomic E-state index is 13.5. The molecule has 2 unspecified atom stereocenters. The summed E-state index contributed by atoms with van der Waals surface area (Å²) >= 11 is 6.45. The van der Waals surface area contributed by atoms with Crippen LogP contribution < -0.4 is 5.32 Å². The molecule has 3 aliphatic rings. The number of carbonyl (C=O) groups excluding carboxylic acids is 2. The highest BCUT2D eigenvalue weighted by molar-refractivity contribution is 6.35. The van der Waals surface area contributed by atoms with Gasteiger partial charge in [0.1, 0.15) is 5.82 Å². The molecule has 1 aromatic heterocycles. The lowest BCUT2D eigenvalue weighted by molar-refractivity contribution is -0.166. The van der Waals surface area contributed by atoms with Gasteiger partial charge in [-0.15, -0.1) is 0 Å². The fraction of sp³-hybridized carbons (Fsp3) is 0.407. The normalized spacial score (nSPS) is 24.5. The lowest BCUT2D eigenvalue weighted by Crippen LogP contribution is -2.66. The van der Waals surface area contributed by atoms with Crippen molar-refractivity contribution in [2.75, 3.05) is 5.32 Å². The summed E-state index contributed by atoms with van der Waals surface area (Å²) < 4.78 is 13.2. The molecular weight excluding hydrogens is 453 g/mol. The van der Waals surface area contributed by atoms with Gasteiger partial charge in [-0.05, 0) is 73.6 Å². The van der Waals surface area contributed by atoms with Gasteiger partial charge in [0.2, 0.25) is 11.8 Å². The number of aromatic amines is 1. The van der Waals surface area contributed by atoms with Crippen LogP contribution in [0.1, 0.15) is 57.4 Å². The highest BCUT2D eigenvalue weighted by atomic mass is 35.5. The quantitative estimate of drug-likeness (QED) is 0.437. The van der Waals surface area contributed by atoms with E-state index in [0.29, 0.717) is 36.4 Å². The molecule has 0 radical (unpaired) electrons. The number of amides is 2. The lowest BCUT2D eigenvalue weighted by Gasteiger charge is -2.59. The predicted octanol–water partition coefficient (Wildman–Crippen LogP) is 6.25. The number of piperidine rings is 2. The van der Waals surface area contributed by atoms with E-state index in [-0.39, 0.29) is 35.6 Å². The summed E-state index contributed by atoms with van der Waals surface area (Å²) in [6, 6.07) is 11.7. The number of hydrogen-bond donors (Lipinski definition) is 2. The van der Waals surface area contributed by atoms with Gasteiger partial charge in [0.25, 0.3) is 0 Å². The number of hydrogen-bond acceptors (Lipinski definition) is 2. The Kier molecular flexibility index (Phi) is 5.88. The molecule has 3 heterocycles. The van der Waals surface area contributed by atoms with Gasteiger partial charge in [-0.3, -0.25) is 9.59 Å². The summed E-state index contributed by atoms with van der Waals surface area (Å²) in [6.07, 6.45) is 5.18. The Morgan fingerprint density at radius 1 is 1.21 bits per heavy atom. The van der Waals surface area contributed by atoms with Crippen molar-refractivity contribution < 1.29 is 14.0 Å². The van der Waals surface area contributed by atoms with Crippen LogP contribution in [0.25, 0.3) is 10.9 Å². The van der Waals surface area contributed by atoms with E-state index in [9.17, 15) is 14.0 Å². The number of aromatic nitrogens is 1. The van der Waals surface area contributed by atoms with E-state index in [1.54, 1.807) is 12.1 Å². The Morgan fingerprint density at radius 3 is 2.65 bits per heavy atom. The van der Waals surface area contributed by atoms with E-state index in [1.807, 2.05) is 29.3 Å². The lowest BCUT2D eigenvalue weighted by atomic mass is 9.57. The van der Waals surface area contributed by atoms with Gasteiger partial charge in [-0.2, -0.15) is 0 Å². The second-order valence-corrected chi connectivity index (χ2v) is 10.3. The Labute approximate surface area is 203 Å². The predicted molar refractivity (Wildman–Crippen MR) is 132 cm³/mol. The fourth-order valence-electron chi connectivity index (χ4n) is 5.91. The number of nitrogens with zero attached hydrogens (tertiary/aromatic N) is 1. The topological polar surface area (TPSA) is 65.2 Å². The standard InChI is InChI=1S/C27H29ClFN3O2/c1-3-19-12-27(26(34)31-18-9-7-17(29)8-10-18)13-20(14-27)32(19)24(33)11-16(2)21-15-30-23-6-4-5-22(28)25(21)23/h4-10,15-16,19-20,30H,3,11-14H2,1-2H3,(H,31,34). The number of H-pyrrole nitrogens is 1. The van der Waals surface area contributed by atoms with E-state index < -0.39 is 5.41 Å². The van der Waals surface area contributed by atoms with Gasteiger partial charge in [-0.25, -0.2) is 4.39 Å². The largest absolute Gasteiger partial charge is 0.361 e. The summed E-state index contributed by atoms with van der Waals surface area (Å²) in [7, 11) is 0. The maximum absolute atomic E-state index is 13.5. The van der Waals surface area contributed by atoms with Crippen LogP contribution >= 0.6 is 11.6 Å². The van der Waals surface area contributed by atoms with E-state index in [0.717, 1.165) is 22.9 Å². The number of halogens is 2. The number of anilines is 1. The van der Waals surface area contributed by atoms with Gasteiger partial charge in [0, 0.05) is 41.3 Å². The highest BCUT2D eigenvalue weighted by Crippen LogP contribution is 2.54. The summed E-state index contributed by atoms with van der Waals surface area (Å²) in [5, 5.41) is 4.62. The van der Waals surface area contributed by atoms with Crippen LogP contribution in [-0.4, -0.2) is 33.8 Å². The second-order valence-electron chi connectivity index (χ2n) is 9.88. The van der Waals surface area contributed by atoms with Crippen molar-refractivity contribution in [1.29, 1.82) is 0 Å². The molecule has 34 heavy (non-hydrogen) atoms. The third kappa shape index (κ3) is 3.88. The van der Waals surface area contributed by atoms with Gasteiger partial charge >= 0.3 is 0 Å². The monoisotopic (exact) mass is 481 g/mol. The third-order valence-corrected chi connectivity index (χ3v) is 8.02. The molecule has 7 heteroatoms. The molecule has 2 saturated heterocycles. The molecule has 5 nitrogen and oxygen atoms in total. The van der Waals surface area contributed by atoms with Crippen molar-refractivity contribution in [2.45, 2.75) is 64.0 Å². The Hall–Kier alpha value is -2.86. The van der Waals surface area contributed by atoms with Crippen molar-refractivity contribution in [3.8, 4) is 0 Å². The molecule has 178 valence electrons. The minimum absolute atomic E-state index is 0.0205. The number of rotatable bonds is 6. The number of nitrogens with one attached hydrogen (secondary N) is 2. The fourth-order valence-corrected chi connectivity index (χ4v) is 6.19. The first-order valence-electron chi connectivity index (χ1n) is 11.9. The molecule has 3 aromatic rings. The summed E-state index contributed by atoms with van der Waals surface area (Å²) in [6.45, 7) is 4.14. The Balaban J connectivity index is 1.28. The zero-order valence-electron chi connectivity index (χ0n) is 19.4. The van der Waals surface area contributed by atoms with Crippen LogP contribution in [0, 0.1) is 11.2 Å². The summed E-state index contributed by atoms with van der Waals surface area (Å²) in [4.78, 5) is 31.9. The van der Waals surface area contributed by atoms with Crippen molar-refractivity contribution >= 4 is 40.0 Å². The van der Waals surface area contributed by atoms with Crippen LogP contribution in [0.4, 0.5) is 10.1 Å². The molecule has 2 atom stereocenters. The highest BCUT2D eigenvalue weighted by Gasteiger charge is 2.59. The molecule has 3 fully saturated rings. The maximum Gasteiger partial charge on any atom is 0.230 e. The van der Waals surface area contributed by atoms with Gasteiger partial charge in [0.15, 0.2) is 0 Å². The molecule has 6 rings (SSSR count). The van der Waals surface area contributed by atoms with Crippen LogP contribution in [0.5, 0.6) is 0 Å². The summed E-state index contributed by atoms with van der Waals surface area (Å²) in [5.41, 5.74) is 2.18.